The quantitative estimate of drug-likeness (QED) is 0.746. The van der Waals surface area contributed by atoms with E-state index in [9.17, 15) is 10.1 Å². The predicted octanol–water partition coefficient (Wildman–Crippen LogP) is 4.34. The molecule has 0 amide bonds. The maximum Gasteiger partial charge on any atom is 0.328 e. The molecule has 138 valence electrons. The van der Waals surface area contributed by atoms with Crippen molar-refractivity contribution in [2.24, 2.45) is 0 Å². The van der Waals surface area contributed by atoms with Gasteiger partial charge in [-0.2, -0.15) is 10.4 Å². The molecule has 7 heteroatoms. The molecule has 0 N–H and O–H groups in total. The first-order valence-electron chi connectivity index (χ1n) is 8.71. The van der Waals surface area contributed by atoms with Gasteiger partial charge in [-0.3, -0.25) is 4.79 Å². The van der Waals surface area contributed by atoms with Crippen LogP contribution in [0.1, 0.15) is 57.7 Å². The van der Waals surface area contributed by atoms with E-state index in [1.807, 2.05) is 12.1 Å². The first kappa shape index (κ1) is 18.7. The van der Waals surface area contributed by atoms with Crippen molar-refractivity contribution in [3.8, 4) is 6.07 Å². The minimum Gasteiger partial charge on any atom is -0.459 e. The Morgan fingerprint density at radius 3 is 2.85 bits per heavy atom. The second kappa shape index (κ2) is 7.26. The molecule has 0 spiro atoms. The van der Waals surface area contributed by atoms with Gasteiger partial charge < -0.3 is 9.47 Å². The minimum absolute atomic E-state index is 0.141. The normalized spacial score (nSPS) is 19.1. The summed E-state index contributed by atoms with van der Waals surface area (Å²) in [6, 6.07) is 5.57. The number of hydrogen-bond acceptors (Lipinski definition) is 5. The lowest BCUT2D eigenvalue weighted by Crippen LogP contribution is -2.27. The van der Waals surface area contributed by atoms with E-state index in [-0.39, 0.29) is 6.23 Å². The third-order valence-electron chi connectivity index (χ3n) is 4.26. The first-order valence-corrected chi connectivity index (χ1v) is 9.09. The number of carbonyl (C=O) groups is 1. The summed E-state index contributed by atoms with van der Waals surface area (Å²) in [5, 5.41) is 15.1. The number of aromatic nitrogens is 2. The molecular weight excluding hydrogens is 354 g/mol. The number of nitrogens with zero attached hydrogens (tertiary/aromatic N) is 3. The van der Waals surface area contributed by atoms with Gasteiger partial charge in [-0.25, -0.2) is 4.68 Å². The van der Waals surface area contributed by atoms with Gasteiger partial charge in [0.1, 0.15) is 5.60 Å². The summed E-state index contributed by atoms with van der Waals surface area (Å²) >= 11 is 6.36. The topological polar surface area (TPSA) is 77.1 Å². The Hall–Kier alpha value is -2.10. The van der Waals surface area contributed by atoms with Crippen molar-refractivity contribution in [3.05, 3.63) is 28.9 Å². The Morgan fingerprint density at radius 2 is 2.23 bits per heavy atom. The molecular formula is C19H22ClN3O3. The molecule has 2 atom stereocenters. The molecule has 1 aliphatic heterocycles. The van der Waals surface area contributed by atoms with Crippen LogP contribution in [0.15, 0.2) is 18.3 Å². The molecule has 1 aliphatic rings. The number of carbonyl (C=O) groups excluding carboxylic acids is 1. The highest BCUT2D eigenvalue weighted by molar-refractivity contribution is 6.32. The van der Waals surface area contributed by atoms with Gasteiger partial charge in [-0.05, 0) is 52.2 Å². The SMILES string of the molecule is CC(C)(C)OC(=O)C(C#N)c1c(Cl)ccc2c1cnn2C1CCCCO1. The fraction of sp³-hybridized carbons (Fsp3) is 0.526. The molecule has 1 fully saturated rings. The van der Waals surface area contributed by atoms with Crippen LogP contribution in [0.4, 0.5) is 0 Å². The first-order chi connectivity index (χ1) is 12.3. The highest BCUT2D eigenvalue weighted by Crippen LogP contribution is 2.35. The zero-order chi connectivity index (χ0) is 18.9. The number of esters is 1. The van der Waals surface area contributed by atoms with Gasteiger partial charge >= 0.3 is 5.97 Å². The van der Waals surface area contributed by atoms with E-state index >= 15 is 0 Å². The van der Waals surface area contributed by atoms with Crippen LogP contribution in [0, 0.1) is 11.3 Å². The van der Waals surface area contributed by atoms with Crippen LogP contribution in [0.5, 0.6) is 0 Å². The van der Waals surface area contributed by atoms with Crippen molar-refractivity contribution in [2.75, 3.05) is 6.61 Å². The lowest BCUT2D eigenvalue weighted by atomic mass is 9.96. The van der Waals surface area contributed by atoms with Crippen molar-refractivity contribution >= 4 is 28.5 Å². The smallest absolute Gasteiger partial charge is 0.328 e. The molecule has 0 aliphatic carbocycles. The Morgan fingerprint density at radius 1 is 1.46 bits per heavy atom. The van der Waals surface area contributed by atoms with E-state index < -0.39 is 17.5 Å². The van der Waals surface area contributed by atoms with Crippen molar-refractivity contribution in [2.45, 2.75) is 57.8 Å². The van der Waals surface area contributed by atoms with Gasteiger partial charge in [0.05, 0.1) is 17.8 Å². The molecule has 0 bridgehead atoms. The summed E-state index contributed by atoms with van der Waals surface area (Å²) in [6.07, 6.45) is 4.50. The minimum atomic E-state index is -1.12. The predicted molar refractivity (Wildman–Crippen MR) is 97.8 cm³/mol. The van der Waals surface area contributed by atoms with Crippen molar-refractivity contribution < 1.29 is 14.3 Å². The largest absolute Gasteiger partial charge is 0.459 e. The van der Waals surface area contributed by atoms with Crippen LogP contribution in [0.3, 0.4) is 0 Å². The van der Waals surface area contributed by atoms with E-state index in [4.69, 9.17) is 21.1 Å². The number of fused-ring (bicyclic) bond motifs is 1. The van der Waals surface area contributed by atoms with Crippen molar-refractivity contribution in [3.63, 3.8) is 0 Å². The fourth-order valence-corrected chi connectivity index (χ4v) is 3.43. The monoisotopic (exact) mass is 375 g/mol. The maximum atomic E-state index is 12.5. The van der Waals surface area contributed by atoms with Crippen LogP contribution in [0.2, 0.25) is 5.02 Å². The number of hydrogen-bond donors (Lipinski definition) is 0. The molecule has 3 rings (SSSR count). The highest BCUT2D eigenvalue weighted by atomic mass is 35.5. The number of ether oxygens (including phenoxy) is 2. The molecule has 1 aromatic carbocycles. The molecule has 26 heavy (non-hydrogen) atoms. The van der Waals surface area contributed by atoms with E-state index in [1.54, 1.807) is 37.7 Å². The summed E-state index contributed by atoms with van der Waals surface area (Å²) in [5.41, 5.74) is 0.537. The standard InChI is InChI=1S/C19H22ClN3O3/c1-19(2,3)26-18(24)12(10-21)17-13-11-22-23(15(13)8-7-14(17)20)16-6-4-5-9-25-16/h7-8,11-12,16H,4-6,9H2,1-3H3. The van der Waals surface area contributed by atoms with Crippen molar-refractivity contribution in [1.82, 2.24) is 9.78 Å². The highest BCUT2D eigenvalue weighted by Gasteiger charge is 2.31. The number of rotatable bonds is 3. The number of benzene rings is 1. The van der Waals surface area contributed by atoms with Crippen LogP contribution >= 0.6 is 11.6 Å². The molecule has 0 radical (unpaired) electrons. The second-order valence-electron chi connectivity index (χ2n) is 7.40. The second-order valence-corrected chi connectivity index (χ2v) is 7.81. The third-order valence-corrected chi connectivity index (χ3v) is 4.59. The fourth-order valence-electron chi connectivity index (χ4n) is 3.15. The Bertz CT molecular complexity index is 857. The molecule has 6 nitrogen and oxygen atoms in total. The molecule has 1 saturated heterocycles. The number of halogens is 1. The van der Waals surface area contributed by atoms with E-state index in [0.29, 0.717) is 22.6 Å². The molecule has 2 unspecified atom stereocenters. The molecule has 0 saturated carbocycles. The summed E-state index contributed by atoms with van der Waals surface area (Å²) in [5.74, 6) is -1.73. The summed E-state index contributed by atoms with van der Waals surface area (Å²) in [4.78, 5) is 12.5. The van der Waals surface area contributed by atoms with Gasteiger partial charge in [0.2, 0.25) is 0 Å². The average Bonchev–Trinajstić information content (AvgIpc) is 3.00. The lowest BCUT2D eigenvalue weighted by Gasteiger charge is -2.24. The van der Waals surface area contributed by atoms with Crippen molar-refractivity contribution in [1.29, 1.82) is 5.26 Å². The Kier molecular flexibility index (Phi) is 5.22. The summed E-state index contributed by atoms with van der Waals surface area (Å²) in [6.45, 7) is 5.99. The third kappa shape index (κ3) is 3.69. The zero-order valence-electron chi connectivity index (χ0n) is 15.2. The van der Waals surface area contributed by atoms with Crippen LogP contribution in [-0.4, -0.2) is 28.0 Å². The molecule has 1 aromatic heterocycles. The van der Waals surface area contributed by atoms with E-state index in [2.05, 4.69) is 5.10 Å². The van der Waals surface area contributed by atoms with E-state index in [1.165, 1.54) is 0 Å². The Balaban J connectivity index is 2.05. The summed E-state index contributed by atoms with van der Waals surface area (Å²) in [7, 11) is 0. The lowest BCUT2D eigenvalue weighted by molar-refractivity contribution is -0.155. The average molecular weight is 376 g/mol. The maximum absolute atomic E-state index is 12.5. The molecule has 2 heterocycles. The van der Waals surface area contributed by atoms with Gasteiger partial charge in [-0.15, -0.1) is 0 Å². The molecule has 2 aromatic rings. The van der Waals surface area contributed by atoms with Gasteiger partial charge in [-0.1, -0.05) is 11.6 Å². The van der Waals surface area contributed by atoms with Gasteiger partial charge in [0.15, 0.2) is 12.1 Å². The van der Waals surface area contributed by atoms with Crippen LogP contribution in [0.25, 0.3) is 10.9 Å². The van der Waals surface area contributed by atoms with Crippen LogP contribution in [-0.2, 0) is 14.3 Å². The van der Waals surface area contributed by atoms with Gasteiger partial charge in [0, 0.05) is 22.6 Å². The summed E-state index contributed by atoms with van der Waals surface area (Å²) < 4.78 is 13.0. The van der Waals surface area contributed by atoms with Crippen LogP contribution < -0.4 is 0 Å². The number of nitriles is 1. The van der Waals surface area contributed by atoms with Gasteiger partial charge in [0.25, 0.3) is 0 Å². The Labute approximate surface area is 157 Å². The zero-order valence-corrected chi connectivity index (χ0v) is 15.9. The van der Waals surface area contributed by atoms with E-state index in [0.717, 1.165) is 24.8 Å².